The topological polar surface area (TPSA) is 89.9 Å². The third kappa shape index (κ3) is 4.92. The summed E-state index contributed by atoms with van der Waals surface area (Å²) < 4.78 is 0. The molecule has 1 amide bonds. The van der Waals surface area contributed by atoms with Gasteiger partial charge in [0.05, 0.1) is 18.2 Å². The highest BCUT2D eigenvalue weighted by molar-refractivity contribution is 6.46. The van der Waals surface area contributed by atoms with Crippen molar-refractivity contribution in [2.45, 2.75) is 39.2 Å². The van der Waals surface area contributed by atoms with Crippen molar-refractivity contribution in [2.75, 3.05) is 26.2 Å². The van der Waals surface area contributed by atoms with Crippen molar-refractivity contribution in [1.29, 1.82) is 0 Å². The molecule has 32 heavy (non-hydrogen) atoms. The highest BCUT2D eigenvalue weighted by atomic mass is 16.3. The van der Waals surface area contributed by atoms with E-state index in [1.54, 1.807) is 12.1 Å². The molecule has 0 bridgehead atoms. The van der Waals surface area contributed by atoms with E-state index in [1.165, 1.54) is 4.90 Å². The number of aryl methyl sites for hydroxylation is 1. The Morgan fingerprint density at radius 1 is 1.00 bits per heavy atom. The molecular formula is C26H32N2O4. The van der Waals surface area contributed by atoms with Gasteiger partial charge in [-0.1, -0.05) is 74.9 Å². The maximum absolute atomic E-state index is 13.0. The fourth-order valence-corrected chi connectivity index (χ4v) is 3.89. The number of carbonyl (C=O) groups excluding carboxylic acids is 2. The monoisotopic (exact) mass is 436 g/mol. The minimum absolute atomic E-state index is 0.00998. The second kappa shape index (κ2) is 9.67. The standard InChI is InChI=1S/C26H32N2O4/c1-17-5-7-19(8-6-17)23(30)21-22(18-9-11-20(12-10-18)26(2,3)4)28(25(32)24(21)31)15-13-27-14-16-29/h5-12,22,27,29-30H,13-16H2,1-4H3/t22-/m1/s1. The summed E-state index contributed by atoms with van der Waals surface area (Å²) in [5.41, 5.74) is 3.52. The number of likely N-dealkylation sites (tertiary alicyclic amines) is 1. The Bertz CT molecular complexity index is 1000. The van der Waals surface area contributed by atoms with E-state index in [4.69, 9.17) is 5.11 Å². The van der Waals surface area contributed by atoms with Crippen LogP contribution in [0.5, 0.6) is 0 Å². The maximum atomic E-state index is 13.0. The predicted octanol–water partition coefficient (Wildman–Crippen LogP) is 3.30. The molecule has 6 heteroatoms. The molecule has 0 saturated carbocycles. The van der Waals surface area contributed by atoms with E-state index >= 15 is 0 Å². The van der Waals surface area contributed by atoms with Gasteiger partial charge in [0.25, 0.3) is 11.7 Å². The normalized spacial score (nSPS) is 18.4. The molecule has 1 aliphatic rings. The molecule has 0 radical (unpaired) electrons. The zero-order valence-corrected chi connectivity index (χ0v) is 19.2. The third-order valence-corrected chi connectivity index (χ3v) is 5.78. The van der Waals surface area contributed by atoms with Gasteiger partial charge in [0, 0.05) is 25.2 Å². The van der Waals surface area contributed by atoms with Crippen LogP contribution in [0.25, 0.3) is 5.76 Å². The Kier molecular flexibility index (Phi) is 7.16. The highest BCUT2D eigenvalue weighted by Crippen LogP contribution is 2.39. The van der Waals surface area contributed by atoms with Gasteiger partial charge >= 0.3 is 0 Å². The van der Waals surface area contributed by atoms with Gasteiger partial charge in [0.2, 0.25) is 0 Å². The summed E-state index contributed by atoms with van der Waals surface area (Å²) >= 11 is 0. The van der Waals surface area contributed by atoms with Crippen molar-refractivity contribution in [3.05, 3.63) is 76.4 Å². The molecular weight excluding hydrogens is 404 g/mol. The number of rotatable bonds is 7. The number of nitrogens with zero attached hydrogens (tertiary/aromatic N) is 1. The molecule has 3 N–H and O–H groups in total. The van der Waals surface area contributed by atoms with E-state index in [9.17, 15) is 14.7 Å². The fraction of sp³-hybridized carbons (Fsp3) is 0.385. The highest BCUT2D eigenvalue weighted by Gasteiger charge is 2.45. The molecule has 1 saturated heterocycles. The van der Waals surface area contributed by atoms with E-state index in [0.29, 0.717) is 18.7 Å². The Morgan fingerprint density at radius 3 is 2.19 bits per heavy atom. The van der Waals surface area contributed by atoms with E-state index in [2.05, 4.69) is 26.1 Å². The number of hydrogen-bond donors (Lipinski definition) is 3. The van der Waals surface area contributed by atoms with Crippen LogP contribution in [0, 0.1) is 6.92 Å². The lowest BCUT2D eigenvalue weighted by Crippen LogP contribution is -2.36. The van der Waals surface area contributed by atoms with Crippen molar-refractivity contribution in [3.63, 3.8) is 0 Å². The first kappa shape index (κ1) is 23.7. The molecule has 1 fully saturated rings. The number of hydrogen-bond acceptors (Lipinski definition) is 5. The van der Waals surface area contributed by atoms with E-state index < -0.39 is 17.7 Å². The Morgan fingerprint density at radius 2 is 1.62 bits per heavy atom. The first-order chi connectivity index (χ1) is 15.1. The average Bonchev–Trinajstić information content (AvgIpc) is 3.01. The van der Waals surface area contributed by atoms with Crippen molar-refractivity contribution in [1.82, 2.24) is 10.2 Å². The molecule has 1 aliphatic heterocycles. The van der Waals surface area contributed by atoms with Gasteiger partial charge in [-0.15, -0.1) is 0 Å². The van der Waals surface area contributed by atoms with Gasteiger partial charge in [-0.05, 0) is 23.5 Å². The van der Waals surface area contributed by atoms with Gasteiger partial charge in [0.1, 0.15) is 5.76 Å². The van der Waals surface area contributed by atoms with E-state index in [-0.39, 0.29) is 29.9 Å². The third-order valence-electron chi connectivity index (χ3n) is 5.78. The van der Waals surface area contributed by atoms with Crippen LogP contribution in [0.15, 0.2) is 54.1 Å². The van der Waals surface area contributed by atoms with Crippen molar-refractivity contribution in [2.24, 2.45) is 0 Å². The van der Waals surface area contributed by atoms with Crippen LogP contribution in [0.2, 0.25) is 0 Å². The number of Topliss-reactive ketones (excluding diaryl/α,β-unsaturated/α-hetero) is 1. The molecule has 170 valence electrons. The summed E-state index contributed by atoms with van der Waals surface area (Å²) in [6.07, 6.45) is 0. The molecule has 2 aromatic carbocycles. The van der Waals surface area contributed by atoms with Crippen LogP contribution in [-0.2, 0) is 15.0 Å². The Balaban J connectivity index is 2.07. The van der Waals surface area contributed by atoms with Crippen molar-refractivity contribution < 1.29 is 19.8 Å². The molecule has 6 nitrogen and oxygen atoms in total. The molecule has 0 unspecified atom stereocenters. The van der Waals surface area contributed by atoms with Gasteiger partial charge in [-0.2, -0.15) is 0 Å². The maximum Gasteiger partial charge on any atom is 0.295 e. The molecule has 3 rings (SSSR count). The first-order valence-electron chi connectivity index (χ1n) is 10.9. The molecule has 0 aromatic heterocycles. The van der Waals surface area contributed by atoms with Crippen LogP contribution in [0.1, 0.15) is 49.1 Å². The summed E-state index contributed by atoms with van der Waals surface area (Å²) in [5.74, 6) is -1.48. The number of amides is 1. The summed E-state index contributed by atoms with van der Waals surface area (Å²) in [4.78, 5) is 27.5. The van der Waals surface area contributed by atoms with Gasteiger partial charge in [0.15, 0.2) is 0 Å². The molecule has 2 aromatic rings. The number of aliphatic hydroxyl groups excluding tert-OH is 2. The average molecular weight is 437 g/mol. The minimum atomic E-state index is -0.685. The molecule has 0 aliphatic carbocycles. The summed E-state index contributed by atoms with van der Waals surface area (Å²) in [7, 11) is 0. The zero-order valence-electron chi connectivity index (χ0n) is 19.2. The number of aliphatic hydroxyl groups is 2. The molecule has 0 spiro atoms. The van der Waals surface area contributed by atoms with Crippen molar-refractivity contribution >= 4 is 17.4 Å². The molecule has 1 heterocycles. The second-order valence-electron chi connectivity index (χ2n) is 9.20. The summed E-state index contributed by atoms with van der Waals surface area (Å²) in [6, 6.07) is 14.4. The SMILES string of the molecule is Cc1ccc(C(O)=C2C(=O)C(=O)N(CCNCCO)[C@@H]2c2ccc(C(C)(C)C)cc2)cc1. The fourth-order valence-electron chi connectivity index (χ4n) is 3.89. The number of benzene rings is 2. The van der Waals surface area contributed by atoms with E-state index in [0.717, 1.165) is 16.7 Å². The largest absolute Gasteiger partial charge is 0.507 e. The summed E-state index contributed by atoms with van der Waals surface area (Å²) in [6.45, 7) is 9.41. The van der Waals surface area contributed by atoms with Crippen LogP contribution >= 0.6 is 0 Å². The number of ketones is 1. The summed E-state index contributed by atoms with van der Waals surface area (Å²) in [5, 5.41) is 23.1. The van der Waals surface area contributed by atoms with Crippen molar-refractivity contribution in [3.8, 4) is 0 Å². The van der Waals surface area contributed by atoms with Crippen LogP contribution < -0.4 is 5.32 Å². The second-order valence-corrected chi connectivity index (χ2v) is 9.20. The van der Waals surface area contributed by atoms with Gasteiger partial charge < -0.3 is 20.4 Å². The minimum Gasteiger partial charge on any atom is -0.507 e. The van der Waals surface area contributed by atoms with Crippen LogP contribution in [0.4, 0.5) is 0 Å². The molecule has 1 atom stereocenters. The van der Waals surface area contributed by atoms with Gasteiger partial charge in [-0.3, -0.25) is 9.59 Å². The first-order valence-corrected chi connectivity index (χ1v) is 10.9. The smallest absolute Gasteiger partial charge is 0.295 e. The van der Waals surface area contributed by atoms with Crippen LogP contribution in [0.3, 0.4) is 0 Å². The zero-order chi connectivity index (χ0) is 23.5. The quantitative estimate of drug-likeness (QED) is 0.268. The van der Waals surface area contributed by atoms with Gasteiger partial charge in [-0.25, -0.2) is 0 Å². The number of carbonyl (C=O) groups is 2. The lowest BCUT2D eigenvalue weighted by atomic mass is 9.85. The predicted molar refractivity (Wildman–Crippen MR) is 125 cm³/mol. The lowest BCUT2D eigenvalue weighted by molar-refractivity contribution is -0.139. The number of nitrogens with one attached hydrogen (secondary N) is 1. The van der Waals surface area contributed by atoms with Crippen LogP contribution in [-0.4, -0.2) is 53.0 Å². The Hall–Kier alpha value is -2.96. The lowest BCUT2D eigenvalue weighted by Gasteiger charge is -2.26. The van der Waals surface area contributed by atoms with E-state index in [1.807, 2.05) is 43.3 Å². The Labute approximate surface area is 189 Å².